The molecule has 2 atom stereocenters. The Hall–Kier alpha value is -1.02. The summed E-state index contributed by atoms with van der Waals surface area (Å²) in [5.74, 6) is 0.820. The lowest BCUT2D eigenvalue weighted by molar-refractivity contribution is 0.463. The van der Waals surface area contributed by atoms with Crippen molar-refractivity contribution in [2.45, 2.75) is 39.2 Å². The fourth-order valence-electron chi connectivity index (χ4n) is 1.48. The summed E-state index contributed by atoms with van der Waals surface area (Å²) in [4.78, 5) is 0. The van der Waals surface area contributed by atoms with Gasteiger partial charge < -0.3 is 10.8 Å². The molecule has 0 aliphatic carbocycles. The van der Waals surface area contributed by atoms with Gasteiger partial charge in [0.2, 0.25) is 0 Å². The van der Waals surface area contributed by atoms with Gasteiger partial charge in [-0.15, -0.1) is 0 Å². The minimum absolute atomic E-state index is 0.112. The summed E-state index contributed by atoms with van der Waals surface area (Å²) in [5, 5.41) is 9.58. The molecule has 0 spiro atoms. The van der Waals surface area contributed by atoms with Crippen molar-refractivity contribution >= 4 is 0 Å². The fourth-order valence-corrected chi connectivity index (χ4v) is 1.48. The molecule has 0 radical (unpaired) electrons. The predicted octanol–water partition coefficient (Wildman–Crippen LogP) is 2.93. The maximum Gasteiger partial charge on any atom is 0.120 e. The summed E-state index contributed by atoms with van der Waals surface area (Å²) in [6, 6.07) is 5.60. The number of benzene rings is 1. The molecule has 0 aromatic heterocycles. The zero-order valence-electron chi connectivity index (χ0n) is 9.12. The maximum absolute atomic E-state index is 9.58. The van der Waals surface area contributed by atoms with Crippen LogP contribution in [0.25, 0.3) is 0 Å². The first-order chi connectivity index (χ1) is 6.56. The van der Waals surface area contributed by atoms with E-state index in [9.17, 15) is 5.11 Å². The van der Waals surface area contributed by atoms with Crippen LogP contribution in [-0.2, 0) is 0 Å². The molecule has 1 aromatic rings. The molecule has 2 heteroatoms. The molecule has 0 saturated carbocycles. The molecule has 14 heavy (non-hydrogen) atoms. The van der Waals surface area contributed by atoms with E-state index in [1.165, 1.54) is 5.56 Å². The summed E-state index contributed by atoms with van der Waals surface area (Å²) >= 11 is 0. The summed E-state index contributed by atoms with van der Waals surface area (Å²) in [6.45, 7) is 6.22. The molecule has 0 aliphatic rings. The van der Waals surface area contributed by atoms with Gasteiger partial charge in [0.15, 0.2) is 0 Å². The van der Waals surface area contributed by atoms with Crippen LogP contribution in [0.5, 0.6) is 5.75 Å². The minimum Gasteiger partial charge on any atom is -0.508 e. The average molecular weight is 193 g/mol. The van der Waals surface area contributed by atoms with Gasteiger partial charge in [0.1, 0.15) is 5.75 Å². The fraction of sp³-hybridized carbons (Fsp3) is 0.500. The van der Waals surface area contributed by atoms with E-state index in [0.29, 0.717) is 11.7 Å². The zero-order chi connectivity index (χ0) is 10.7. The second kappa shape index (κ2) is 4.47. The highest BCUT2D eigenvalue weighted by Gasteiger charge is 2.09. The van der Waals surface area contributed by atoms with E-state index in [1.54, 1.807) is 6.07 Å². The summed E-state index contributed by atoms with van der Waals surface area (Å²) in [6.07, 6.45) is 1.10. The van der Waals surface area contributed by atoms with E-state index in [0.717, 1.165) is 12.0 Å². The molecule has 3 N–H and O–H groups in total. The number of hydrogen-bond donors (Lipinski definition) is 2. The lowest BCUT2D eigenvalue weighted by atomic mass is 9.95. The molecule has 0 aliphatic heterocycles. The second-order valence-electron chi connectivity index (χ2n) is 3.92. The zero-order valence-corrected chi connectivity index (χ0v) is 9.12. The van der Waals surface area contributed by atoms with E-state index < -0.39 is 0 Å². The van der Waals surface area contributed by atoms with Crippen molar-refractivity contribution in [2.75, 3.05) is 0 Å². The summed E-state index contributed by atoms with van der Waals surface area (Å²) in [5.41, 5.74) is 7.85. The van der Waals surface area contributed by atoms with Crippen LogP contribution >= 0.6 is 0 Å². The monoisotopic (exact) mass is 193 g/mol. The first-order valence-electron chi connectivity index (χ1n) is 5.14. The van der Waals surface area contributed by atoms with E-state index >= 15 is 0 Å². The predicted molar refractivity (Wildman–Crippen MR) is 59.4 cm³/mol. The molecular weight excluding hydrogens is 174 g/mol. The molecule has 0 heterocycles. The first kappa shape index (κ1) is 11.1. The molecular formula is C12H19NO. The smallest absolute Gasteiger partial charge is 0.120 e. The quantitative estimate of drug-likeness (QED) is 0.775. The highest BCUT2D eigenvalue weighted by Crippen LogP contribution is 2.28. The molecule has 0 bridgehead atoms. The Morgan fingerprint density at radius 1 is 1.36 bits per heavy atom. The maximum atomic E-state index is 9.58. The summed E-state index contributed by atoms with van der Waals surface area (Å²) < 4.78 is 0. The molecule has 0 amide bonds. The highest BCUT2D eigenvalue weighted by molar-refractivity contribution is 5.39. The molecule has 1 aromatic carbocycles. The lowest BCUT2D eigenvalue weighted by Gasteiger charge is -2.14. The topological polar surface area (TPSA) is 46.2 Å². The van der Waals surface area contributed by atoms with Crippen molar-refractivity contribution in [3.63, 3.8) is 0 Å². The minimum atomic E-state index is -0.112. The van der Waals surface area contributed by atoms with Gasteiger partial charge in [0, 0.05) is 11.6 Å². The Kier molecular flexibility index (Phi) is 3.53. The molecule has 2 nitrogen and oxygen atoms in total. The SMILES string of the molecule is CCC(C)c1ccc(O)c(C(C)N)c1. The van der Waals surface area contributed by atoms with E-state index in [-0.39, 0.29) is 6.04 Å². The third-order valence-corrected chi connectivity index (χ3v) is 2.72. The Bertz CT molecular complexity index is 307. The van der Waals surface area contributed by atoms with Gasteiger partial charge in [0.05, 0.1) is 0 Å². The van der Waals surface area contributed by atoms with Gasteiger partial charge in [-0.2, -0.15) is 0 Å². The van der Waals surface area contributed by atoms with Gasteiger partial charge in [-0.1, -0.05) is 26.0 Å². The van der Waals surface area contributed by atoms with Crippen LogP contribution < -0.4 is 5.73 Å². The van der Waals surface area contributed by atoms with Gasteiger partial charge in [-0.3, -0.25) is 0 Å². The number of phenolic OH excluding ortho intramolecular Hbond substituents is 1. The van der Waals surface area contributed by atoms with Crippen LogP contribution in [0.3, 0.4) is 0 Å². The third-order valence-electron chi connectivity index (χ3n) is 2.72. The number of phenols is 1. The van der Waals surface area contributed by atoms with Crippen molar-refractivity contribution in [2.24, 2.45) is 5.73 Å². The molecule has 1 rings (SSSR count). The highest BCUT2D eigenvalue weighted by atomic mass is 16.3. The van der Waals surface area contributed by atoms with E-state index in [4.69, 9.17) is 5.73 Å². The third kappa shape index (κ3) is 2.26. The Morgan fingerprint density at radius 3 is 2.50 bits per heavy atom. The van der Waals surface area contributed by atoms with E-state index in [2.05, 4.69) is 13.8 Å². The summed E-state index contributed by atoms with van der Waals surface area (Å²) in [7, 11) is 0. The Balaban J connectivity index is 3.06. The van der Waals surface area contributed by atoms with Crippen LogP contribution in [0.15, 0.2) is 18.2 Å². The van der Waals surface area contributed by atoms with Crippen molar-refractivity contribution < 1.29 is 5.11 Å². The lowest BCUT2D eigenvalue weighted by Crippen LogP contribution is -2.06. The standard InChI is InChI=1S/C12H19NO/c1-4-8(2)10-5-6-12(14)11(7-10)9(3)13/h5-9,14H,4,13H2,1-3H3. The van der Waals surface area contributed by atoms with E-state index in [1.807, 2.05) is 19.1 Å². The van der Waals surface area contributed by atoms with Crippen molar-refractivity contribution in [1.82, 2.24) is 0 Å². The molecule has 0 saturated heterocycles. The van der Waals surface area contributed by atoms with Gasteiger partial charge in [-0.05, 0) is 30.9 Å². The van der Waals surface area contributed by atoms with Crippen LogP contribution in [0, 0.1) is 0 Å². The van der Waals surface area contributed by atoms with Crippen LogP contribution in [0.2, 0.25) is 0 Å². The number of hydrogen-bond acceptors (Lipinski definition) is 2. The number of nitrogens with two attached hydrogens (primary N) is 1. The van der Waals surface area contributed by atoms with Crippen LogP contribution in [-0.4, -0.2) is 5.11 Å². The van der Waals surface area contributed by atoms with Gasteiger partial charge >= 0.3 is 0 Å². The second-order valence-corrected chi connectivity index (χ2v) is 3.92. The average Bonchev–Trinajstić information content (AvgIpc) is 2.17. The molecule has 0 fully saturated rings. The van der Waals surface area contributed by atoms with Crippen molar-refractivity contribution in [1.29, 1.82) is 0 Å². The number of rotatable bonds is 3. The van der Waals surface area contributed by atoms with Gasteiger partial charge in [-0.25, -0.2) is 0 Å². The Labute approximate surface area is 85.8 Å². The van der Waals surface area contributed by atoms with Gasteiger partial charge in [0.25, 0.3) is 0 Å². The largest absolute Gasteiger partial charge is 0.508 e. The van der Waals surface area contributed by atoms with Crippen LogP contribution in [0.1, 0.15) is 50.3 Å². The molecule has 78 valence electrons. The van der Waals surface area contributed by atoms with Crippen molar-refractivity contribution in [3.8, 4) is 5.75 Å². The Morgan fingerprint density at radius 2 is 2.00 bits per heavy atom. The first-order valence-corrected chi connectivity index (χ1v) is 5.14. The van der Waals surface area contributed by atoms with Crippen LogP contribution in [0.4, 0.5) is 0 Å². The van der Waals surface area contributed by atoms with Crippen molar-refractivity contribution in [3.05, 3.63) is 29.3 Å². The number of aromatic hydroxyl groups is 1. The molecule has 2 unspecified atom stereocenters. The normalized spacial score (nSPS) is 15.1.